The van der Waals surface area contributed by atoms with E-state index in [1.807, 2.05) is 0 Å². The maximum Gasteiger partial charge on any atom is 0.530 e. The second-order valence-corrected chi connectivity index (χ2v) is 8.90. The van der Waals surface area contributed by atoms with Gasteiger partial charge in [0.1, 0.15) is 35.0 Å². The average molecular weight is 495 g/mol. The molecule has 0 bridgehead atoms. The molecule has 4 rings (SSSR count). The van der Waals surface area contributed by atoms with Crippen LogP contribution in [0.5, 0.6) is 5.75 Å². The lowest BCUT2D eigenvalue weighted by Gasteiger charge is -2.28. The largest absolute Gasteiger partial charge is 0.530 e. The maximum absolute atomic E-state index is 15.5. The first kappa shape index (κ1) is 21.8. The predicted molar refractivity (Wildman–Crippen MR) is 103 cm³/mol. The molecule has 174 valence electrons. The number of halogens is 2. The van der Waals surface area contributed by atoms with E-state index < -0.39 is 56.8 Å². The number of aliphatic hydroxyl groups excluding tert-OH is 3. The summed E-state index contributed by atoms with van der Waals surface area (Å²) in [5.74, 6) is -3.98. The molecule has 0 amide bonds. The summed E-state index contributed by atoms with van der Waals surface area (Å²) < 4.78 is 69.8. The van der Waals surface area contributed by atoms with Crippen molar-refractivity contribution in [2.75, 3.05) is 6.61 Å². The Morgan fingerprint density at radius 1 is 1.47 bits per heavy atom. The monoisotopic (exact) mass is 495 g/mol. The molecule has 1 aromatic carbocycles. The molecule has 0 saturated carbocycles. The number of nitrogens with one attached hydrogen (secondary N) is 1. The van der Waals surface area contributed by atoms with E-state index >= 15 is 4.39 Å². The van der Waals surface area contributed by atoms with Crippen molar-refractivity contribution in [2.24, 2.45) is 0 Å². The van der Waals surface area contributed by atoms with Crippen molar-refractivity contribution in [1.29, 1.82) is 0 Å². The van der Waals surface area contributed by atoms with Gasteiger partial charge in [0.15, 0.2) is 6.20 Å². The molecule has 4 N–H and O–H groups in total. The van der Waals surface area contributed by atoms with Gasteiger partial charge in [0, 0.05) is 17.3 Å². The number of hydrogen-bond donors (Lipinski definition) is 4. The zero-order chi connectivity index (χ0) is 24.2. The number of hydrogen-bond acceptors (Lipinski definition) is 10. The zero-order valence-corrected chi connectivity index (χ0v) is 17.6. The highest BCUT2D eigenvalue weighted by molar-refractivity contribution is 7.71. The number of aliphatic hydroxyl groups is 3. The SMILES string of the molecule is [2H][C@@]1(n2cc(CO)c(=S)[nH]c2=O)O[C@](F)(COP2(=O)OCc3cc(F)ccc3O2)[C@@H](O)[C@H]1O. The number of nitrogens with zero attached hydrogens (tertiary/aromatic N) is 1. The van der Waals surface area contributed by atoms with Gasteiger partial charge in [-0.1, -0.05) is 12.2 Å². The highest BCUT2D eigenvalue weighted by Crippen LogP contribution is 2.55. The summed E-state index contributed by atoms with van der Waals surface area (Å²) in [7, 11) is -4.46. The molecular formula is C17H17F2N2O9PS. The van der Waals surface area contributed by atoms with Gasteiger partial charge < -0.3 is 24.6 Å². The molecule has 2 aliphatic rings. The van der Waals surface area contributed by atoms with Crippen molar-refractivity contribution in [3.63, 3.8) is 0 Å². The lowest BCUT2D eigenvalue weighted by atomic mass is 10.1. The topological polar surface area (TPSA) is 152 Å². The van der Waals surface area contributed by atoms with Crippen molar-refractivity contribution in [3.05, 3.63) is 56.5 Å². The summed E-state index contributed by atoms with van der Waals surface area (Å²) >= 11 is 4.85. The predicted octanol–water partition coefficient (Wildman–Crippen LogP) is 1.19. The van der Waals surface area contributed by atoms with Crippen molar-refractivity contribution < 1.29 is 48.3 Å². The Hall–Kier alpha value is -2.03. The first-order valence-electron chi connectivity index (χ1n) is 9.49. The summed E-state index contributed by atoms with van der Waals surface area (Å²) in [6.07, 6.45) is -6.84. The third-order valence-corrected chi connectivity index (χ3v) is 6.40. The van der Waals surface area contributed by atoms with Crippen molar-refractivity contribution >= 4 is 20.0 Å². The molecule has 5 atom stereocenters. The highest BCUT2D eigenvalue weighted by Gasteiger charge is 2.57. The standard InChI is InChI=1S/C17H17F2N2O9PS/c18-10-1-2-11-8(3-10)6-27-31(26,30-11)28-7-17(19)13(24)12(23)15(29-17)21-4-9(5-22)14(32)20-16(21)25/h1-4,12-13,15,22-24H,5-7H2,(H,20,25,32)/t12-,13+,15-,17-,31?/m1/s1/i15D. The van der Waals surface area contributed by atoms with E-state index in [1.165, 1.54) is 6.07 Å². The van der Waals surface area contributed by atoms with Crippen LogP contribution in [0.25, 0.3) is 0 Å². The van der Waals surface area contributed by atoms with Gasteiger partial charge in [0.2, 0.25) is 0 Å². The molecule has 2 aliphatic heterocycles. The van der Waals surface area contributed by atoms with E-state index in [2.05, 4.69) is 4.98 Å². The van der Waals surface area contributed by atoms with E-state index in [9.17, 15) is 29.1 Å². The Morgan fingerprint density at radius 3 is 2.94 bits per heavy atom. The van der Waals surface area contributed by atoms with Crippen LogP contribution in [-0.2, 0) is 31.6 Å². The zero-order valence-electron chi connectivity index (χ0n) is 16.9. The van der Waals surface area contributed by atoms with Crippen LogP contribution in [0.3, 0.4) is 0 Å². The smallest absolute Gasteiger partial charge is 0.404 e. The van der Waals surface area contributed by atoms with E-state index in [4.69, 9.17) is 31.9 Å². The van der Waals surface area contributed by atoms with Gasteiger partial charge in [-0.15, -0.1) is 0 Å². The summed E-state index contributed by atoms with van der Waals surface area (Å²) in [5, 5.41) is 29.9. The summed E-state index contributed by atoms with van der Waals surface area (Å²) in [5.41, 5.74) is -0.921. The summed E-state index contributed by atoms with van der Waals surface area (Å²) in [6.45, 7) is -2.39. The fourth-order valence-electron chi connectivity index (χ4n) is 3.03. The van der Waals surface area contributed by atoms with Crippen LogP contribution in [0, 0.1) is 10.5 Å². The molecular weight excluding hydrogens is 477 g/mol. The minimum Gasteiger partial charge on any atom is -0.404 e. The van der Waals surface area contributed by atoms with E-state index in [1.54, 1.807) is 0 Å². The van der Waals surface area contributed by atoms with Crippen molar-refractivity contribution in [1.82, 2.24) is 9.55 Å². The Kier molecular flexibility index (Phi) is 5.72. The Balaban J connectivity index is 1.57. The molecule has 1 fully saturated rings. The third kappa shape index (κ3) is 4.16. The molecule has 2 aromatic rings. The molecule has 1 aromatic heterocycles. The molecule has 0 spiro atoms. The number of fused-ring (bicyclic) bond motifs is 1. The van der Waals surface area contributed by atoms with Crippen LogP contribution < -0.4 is 10.2 Å². The first-order valence-corrected chi connectivity index (χ1v) is 10.9. The van der Waals surface area contributed by atoms with Crippen LogP contribution >= 0.6 is 20.0 Å². The molecule has 1 unspecified atom stereocenters. The number of H-pyrrole nitrogens is 1. The van der Waals surface area contributed by atoms with Crippen molar-refractivity contribution in [3.8, 4) is 5.75 Å². The third-order valence-electron chi connectivity index (χ3n) is 4.72. The fourth-order valence-corrected chi connectivity index (χ4v) is 4.47. The minimum absolute atomic E-state index is 0.0377. The molecule has 11 nitrogen and oxygen atoms in total. The summed E-state index contributed by atoms with van der Waals surface area (Å²) in [6, 6.07) is 3.27. The Labute approximate surface area is 184 Å². The second-order valence-electron chi connectivity index (χ2n) is 6.90. The minimum atomic E-state index is -4.46. The number of benzene rings is 1. The molecule has 0 aliphatic carbocycles. The van der Waals surface area contributed by atoms with Crippen LogP contribution in [0.1, 0.15) is 18.7 Å². The van der Waals surface area contributed by atoms with Gasteiger partial charge in [0.05, 0.1) is 14.6 Å². The molecule has 3 heterocycles. The van der Waals surface area contributed by atoms with Crippen LogP contribution in [0.4, 0.5) is 8.78 Å². The number of aromatic nitrogens is 2. The molecule has 0 radical (unpaired) electrons. The van der Waals surface area contributed by atoms with E-state index in [0.717, 1.165) is 18.3 Å². The number of phosphoric ester groups is 1. The van der Waals surface area contributed by atoms with Gasteiger partial charge >= 0.3 is 13.5 Å². The normalized spacial score (nSPS) is 34.6. The van der Waals surface area contributed by atoms with Gasteiger partial charge in [0.25, 0.3) is 5.85 Å². The van der Waals surface area contributed by atoms with Gasteiger partial charge in [-0.2, -0.15) is 0 Å². The number of aromatic amines is 1. The highest BCUT2D eigenvalue weighted by atomic mass is 32.1. The number of rotatable bonds is 5. The summed E-state index contributed by atoms with van der Waals surface area (Å²) in [4.78, 5) is 14.4. The Bertz CT molecular complexity index is 1260. The molecule has 15 heteroatoms. The van der Waals surface area contributed by atoms with Crippen molar-refractivity contribution in [2.45, 2.75) is 37.5 Å². The lowest BCUT2D eigenvalue weighted by Crippen LogP contribution is -2.43. The fraction of sp³-hybridized carbons (Fsp3) is 0.412. The maximum atomic E-state index is 15.5. The van der Waals surface area contributed by atoms with E-state index in [-0.39, 0.29) is 28.1 Å². The van der Waals surface area contributed by atoms with Crippen LogP contribution in [0.15, 0.2) is 29.2 Å². The quantitative estimate of drug-likeness (QED) is 0.352. The number of ether oxygens (including phenoxy) is 1. The van der Waals surface area contributed by atoms with Crippen LogP contribution in [-0.4, -0.2) is 49.5 Å². The first-order chi connectivity index (χ1) is 15.4. The molecule has 32 heavy (non-hydrogen) atoms. The van der Waals surface area contributed by atoms with E-state index in [0.29, 0.717) is 4.57 Å². The lowest BCUT2D eigenvalue weighted by molar-refractivity contribution is -0.205. The number of alkyl halides is 1. The van der Waals surface area contributed by atoms with Crippen LogP contribution in [0.2, 0.25) is 0 Å². The second kappa shape index (κ2) is 8.39. The average Bonchev–Trinajstić information content (AvgIpc) is 2.94. The molecule has 1 saturated heterocycles. The Morgan fingerprint density at radius 2 is 2.22 bits per heavy atom. The van der Waals surface area contributed by atoms with Gasteiger partial charge in [-0.3, -0.25) is 18.6 Å². The van der Waals surface area contributed by atoms with Gasteiger partial charge in [-0.05, 0) is 18.2 Å². The van der Waals surface area contributed by atoms with Gasteiger partial charge in [-0.25, -0.2) is 18.1 Å². The number of phosphoric acid groups is 1.